The van der Waals surface area contributed by atoms with E-state index in [0.717, 1.165) is 31.5 Å². The van der Waals surface area contributed by atoms with Crippen molar-refractivity contribution in [2.45, 2.75) is 63.3 Å². The van der Waals surface area contributed by atoms with Crippen molar-refractivity contribution in [3.8, 4) is 5.75 Å². The summed E-state index contributed by atoms with van der Waals surface area (Å²) < 4.78 is 5.90. The van der Waals surface area contributed by atoms with E-state index in [1.165, 1.54) is 12.3 Å². The van der Waals surface area contributed by atoms with Crippen LogP contribution >= 0.6 is 23.2 Å². The molecule has 1 N–H and O–H groups in total. The molecule has 32 heavy (non-hydrogen) atoms. The van der Waals surface area contributed by atoms with Gasteiger partial charge in [-0.05, 0) is 63.8 Å². The van der Waals surface area contributed by atoms with Crippen LogP contribution in [0, 0.1) is 10.1 Å². The van der Waals surface area contributed by atoms with E-state index >= 15 is 0 Å². The molecule has 2 aliphatic heterocycles. The molecule has 1 aromatic carbocycles. The van der Waals surface area contributed by atoms with Gasteiger partial charge in [-0.3, -0.25) is 14.9 Å². The van der Waals surface area contributed by atoms with Crippen LogP contribution in [0.1, 0.15) is 39.5 Å². The van der Waals surface area contributed by atoms with Crippen molar-refractivity contribution in [3.05, 3.63) is 56.7 Å². The summed E-state index contributed by atoms with van der Waals surface area (Å²) in [6.07, 6.45) is 4.84. The molecule has 0 radical (unpaired) electrons. The maximum Gasteiger partial charge on any atom is 0.287 e. The third-order valence-corrected chi connectivity index (χ3v) is 6.61. The van der Waals surface area contributed by atoms with Gasteiger partial charge in [-0.25, -0.2) is 4.98 Å². The van der Waals surface area contributed by atoms with Crippen molar-refractivity contribution in [3.63, 3.8) is 0 Å². The fourth-order valence-corrected chi connectivity index (χ4v) is 4.99. The van der Waals surface area contributed by atoms with Crippen LogP contribution in [-0.2, 0) is 4.79 Å². The van der Waals surface area contributed by atoms with E-state index in [9.17, 15) is 14.9 Å². The number of nitrogens with zero attached hydrogens (tertiary/aromatic N) is 3. The first-order valence-corrected chi connectivity index (χ1v) is 11.2. The smallest absolute Gasteiger partial charge is 0.287 e. The van der Waals surface area contributed by atoms with Crippen molar-refractivity contribution >= 4 is 40.6 Å². The van der Waals surface area contributed by atoms with E-state index < -0.39 is 10.5 Å². The third kappa shape index (κ3) is 4.61. The van der Waals surface area contributed by atoms with Gasteiger partial charge in [0, 0.05) is 29.2 Å². The number of piperidine rings is 1. The molecule has 2 aromatic rings. The van der Waals surface area contributed by atoms with Crippen LogP contribution in [-0.4, -0.2) is 39.5 Å². The summed E-state index contributed by atoms with van der Waals surface area (Å²) in [6, 6.07) is 8.54. The van der Waals surface area contributed by atoms with E-state index in [1.54, 1.807) is 38.1 Å². The second kappa shape index (κ2) is 8.75. The maximum absolute atomic E-state index is 13.0. The van der Waals surface area contributed by atoms with Gasteiger partial charge in [0.05, 0.1) is 9.95 Å². The van der Waals surface area contributed by atoms with Gasteiger partial charge >= 0.3 is 0 Å². The van der Waals surface area contributed by atoms with Gasteiger partial charge in [-0.1, -0.05) is 23.2 Å². The Morgan fingerprint density at radius 1 is 1.22 bits per heavy atom. The van der Waals surface area contributed by atoms with Gasteiger partial charge in [-0.2, -0.15) is 0 Å². The van der Waals surface area contributed by atoms with Crippen LogP contribution in [0.3, 0.4) is 0 Å². The zero-order valence-corrected chi connectivity index (χ0v) is 19.3. The highest BCUT2D eigenvalue weighted by Gasteiger charge is 2.43. The fourth-order valence-electron chi connectivity index (χ4n) is 4.55. The number of amides is 1. The van der Waals surface area contributed by atoms with Gasteiger partial charge in [0.2, 0.25) is 0 Å². The lowest BCUT2D eigenvalue weighted by atomic mass is 9.96. The van der Waals surface area contributed by atoms with Gasteiger partial charge in [0.15, 0.2) is 5.60 Å². The molecule has 170 valence electrons. The summed E-state index contributed by atoms with van der Waals surface area (Å²) in [6.45, 7) is 3.41. The number of aromatic nitrogens is 1. The number of benzene rings is 1. The summed E-state index contributed by atoms with van der Waals surface area (Å²) in [5.41, 5.74) is -1.14. The quantitative estimate of drug-likeness (QED) is 0.474. The summed E-state index contributed by atoms with van der Waals surface area (Å²) >= 11 is 12.1. The Bertz CT molecular complexity index is 1020. The first-order valence-electron chi connectivity index (χ1n) is 10.5. The number of fused-ring (bicyclic) bond motifs is 2. The van der Waals surface area contributed by atoms with Crippen LogP contribution in [0.4, 0.5) is 11.5 Å². The fraction of sp³-hybridized carbons (Fsp3) is 0.455. The Morgan fingerprint density at radius 3 is 2.47 bits per heavy atom. The Hall–Kier alpha value is -2.58. The van der Waals surface area contributed by atoms with E-state index in [4.69, 9.17) is 27.9 Å². The first kappa shape index (κ1) is 22.6. The normalized spacial score (nSPS) is 22.5. The highest BCUT2D eigenvalue weighted by atomic mass is 35.5. The van der Waals surface area contributed by atoms with Crippen LogP contribution in [0.25, 0.3) is 0 Å². The molecule has 8 nitrogen and oxygen atoms in total. The van der Waals surface area contributed by atoms with Gasteiger partial charge in [-0.15, -0.1) is 0 Å². The minimum atomic E-state index is -1.12. The molecular formula is C22H24Cl2N4O4. The number of rotatable bonds is 6. The van der Waals surface area contributed by atoms with E-state index in [0.29, 0.717) is 15.8 Å². The lowest BCUT2D eigenvalue weighted by Gasteiger charge is -2.40. The second-order valence-electron chi connectivity index (χ2n) is 8.75. The number of hydrogen-bond donors (Lipinski definition) is 1. The van der Waals surface area contributed by atoms with Crippen molar-refractivity contribution in [2.24, 2.45) is 0 Å². The number of pyridine rings is 1. The Kier molecular flexibility index (Phi) is 6.18. The number of anilines is 1. The number of halogens is 2. The predicted molar refractivity (Wildman–Crippen MR) is 123 cm³/mol. The molecule has 0 spiro atoms. The van der Waals surface area contributed by atoms with Crippen molar-refractivity contribution in [1.82, 2.24) is 10.3 Å². The lowest BCUT2D eigenvalue weighted by Crippen LogP contribution is -2.55. The topological polar surface area (TPSA) is 97.6 Å². The summed E-state index contributed by atoms with van der Waals surface area (Å²) in [5, 5.41) is 14.9. The molecule has 2 saturated heterocycles. The molecule has 2 unspecified atom stereocenters. The molecule has 1 aromatic heterocycles. The van der Waals surface area contributed by atoms with E-state index in [-0.39, 0.29) is 29.7 Å². The summed E-state index contributed by atoms with van der Waals surface area (Å²) in [4.78, 5) is 30.0. The SMILES string of the molecule is CC(C)(Oc1ccc(Cl)cc1Cl)C(=O)NC1CC2CCC(C1)N2c1ccc([N+](=O)[O-])cn1. The zero-order chi connectivity index (χ0) is 23.0. The lowest BCUT2D eigenvalue weighted by molar-refractivity contribution is -0.385. The molecule has 3 heterocycles. The van der Waals surface area contributed by atoms with Crippen LogP contribution < -0.4 is 15.0 Å². The van der Waals surface area contributed by atoms with Crippen molar-refractivity contribution in [2.75, 3.05) is 4.90 Å². The molecule has 4 rings (SSSR count). The molecule has 1 amide bonds. The predicted octanol–water partition coefficient (Wildman–Crippen LogP) is 4.77. The summed E-state index contributed by atoms with van der Waals surface area (Å²) in [5.74, 6) is 0.930. The molecule has 2 fully saturated rings. The van der Waals surface area contributed by atoms with E-state index in [1.807, 2.05) is 0 Å². The number of nitrogens with one attached hydrogen (secondary N) is 1. The minimum Gasteiger partial charge on any atom is -0.476 e. The number of hydrogen-bond acceptors (Lipinski definition) is 6. The van der Waals surface area contributed by atoms with Gasteiger partial charge < -0.3 is 15.0 Å². The molecule has 2 bridgehead atoms. The standard InChI is InChI=1S/C22H24Cl2N4O4/c1-22(2,32-19-7-3-13(23)9-18(19)24)21(29)26-14-10-15-4-5-16(11-14)27(15)20-8-6-17(12-25-20)28(30)31/h3,6-9,12,14-16H,4-5,10-11H2,1-2H3,(H,26,29). The van der Waals surface area contributed by atoms with Crippen LogP contribution in [0.5, 0.6) is 5.75 Å². The Balaban J connectivity index is 1.40. The zero-order valence-electron chi connectivity index (χ0n) is 17.8. The molecule has 0 saturated carbocycles. The van der Waals surface area contributed by atoms with Crippen LogP contribution in [0.2, 0.25) is 10.0 Å². The van der Waals surface area contributed by atoms with Crippen LogP contribution in [0.15, 0.2) is 36.5 Å². The largest absolute Gasteiger partial charge is 0.476 e. The van der Waals surface area contributed by atoms with Gasteiger partial charge in [0.25, 0.3) is 11.6 Å². The number of carbonyl (C=O) groups is 1. The minimum absolute atomic E-state index is 0.0119. The third-order valence-electron chi connectivity index (χ3n) is 6.08. The molecule has 2 aliphatic rings. The van der Waals surface area contributed by atoms with E-state index in [2.05, 4.69) is 15.2 Å². The monoisotopic (exact) mass is 478 g/mol. The number of ether oxygens (including phenoxy) is 1. The summed E-state index contributed by atoms with van der Waals surface area (Å²) in [7, 11) is 0. The van der Waals surface area contributed by atoms with Gasteiger partial charge in [0.1, 0.15) is 17.8 Å². The Labute approximate surface area is 196 Å². The van der Waals surface area contributed by atoms with Crippen molar-refractivity contribution in [1.29, 1.82) is 0 Å². The molecule has 0 aliphatic carbocycles. The molecule has 2 atom stereocenters. The maximum atomic E-state index is 13.0. The Morgan fingerprint density at radius 2 is 1.91 bits per heavy atom. The average molecular weight is 479 g/mol. The highest BCUT2D eigenvalue weighted by Crippen LogP contribution is 2.39. The average Bonchev–Trinajstić information content (AvgIpc) is 3.00. The highest BCUT2D eigenvalue weighted by molar-refractivity contribution is 6.35. The molecular weight excluding hydrogens is 455 g/mol. The van der Waals surface area contributed by atoms with Crippen molar-refractivity contribution < 1.29 is 14.5 Å². The molecule has 10 heteroatoms. The number of carbonyl (C=O) groups excluding carboxylic acids is 1. The second-order valence-corrected chi connectivity index (χ2v) is 9.60. The number of nitro groups is 1. The first-order chi connectivity index (χ1) is 15.1.